The van der Waals surface area contributed by atoms with Gasteiger partial charge < -0.3 is 4.74 Å². The second-order valence-electron chi connectivity index (χ2n) is 6.93. The van der Waals surface area contributed by atoms with Gasteiger partial charge in [0.2, 0.25) is 0 Å². The van der Waals surface area contributed by atoms with Crippen LogP contribution in [-0.2, 0) is 11.3 Å². The second kappa shape index (κ2) is 5.58. The Hall–Kier alpha value is -1.55. The molecule has 1 amide bonds. The number of aryl methyl sites for hydroxylation is 1. The molecule has 0 aromatic heterocycles. The third-order valence-electron chi connectivity index (χ3n) is 5.43. The first-order valence-electron chi connectivity index (χ1n) is 8.52. The molecule has 1 aromatic carbocycles. The number of carbonyl (C=O) groups is 1. The Kier molecular flexibility index (Phi) is 3.57. The van der Waals surface area contributed by atoms with Crippen molar-refractivity contribution in [2.24, 2.45) is 0 Å². The van der Waals surface area contributed by atoms with Gasteiger partial charge in [-0.3, -0.25) is 9.80 Å². The van der Waals surface area contributed by atoms with Crippen LogP contribution in [0.3, 0.4) is 0 Å². The van der Waals surface area contributed by atoms with Gasteiger partial charge in [0.05, 0.1) is 11.7 Å². The molecule has 118 valence electrons. The third-order valence-corrected chi connectivity index (χ3v) is 5.43. The first-order valence-corrected chi connectivity index (χ1v) is 8.52. The number of nitrogens with zero attached hydrogens (tertiary/aromatic N) is 2. The summed E-state index contributed by atoms with van der Waals surface area (Å²) in [6, 6.07) is 7.41. The van der Waals surface area contributed by atoms with Crippen molar-refractivity contribution in [2.45, 2.75) is 57.7 Å². The van der Waals surface area contributed by atoms with Crippen molar-refractivity contribution in [1.29, 1.82) is 0 Å². The number of benzene rings is 1. The van der Waals surface area contributed by atoms with Crippen LogP contribution >= 0.6 is 0 Å². The van der Waals surface area contributed by atoms with E-state index in [1.807, 2.05) is 4.90 Å². The summed E-state index contributed by atoms with van der Waals surface area (Å²) in [5, 5.41) is 0. The van der Waals surface area contributed by atoms with Crippen LogP contribution in [0.2, 0.25) is 0 Å². The molecule has 1 saturated carbocycles. The molecule has 2 fully saturated rings. The van der Waals surface area contributed by atoms with Crippen molar-refractivity contribution in [2.75, 3.05) is 18.1 Å². The van der Waals surface area contributed by atoms with Crippen molar-refractivity contribution in [3.05, 3.63) is 29.3 Å². The highest BCUT2D eigenvalue weighted by atomic mass is 16.6. The molecule has 0 N–H and O–H groups in total. The predicted octanol–water partition coefficient (Wildman–Crippen LogP) is 3.47. The molecular weight excluding hydrogens is 276 g/mol. The Balaban J connectivity index is 1.71. The van der Waals surface area contributed by atoms with E-state index in [4.69, 9.17) is 4.74 Å². The fourth-order valence-electron chi connectivity index (χ4n) is 4.19. The summed E-state index contributed by atoms with van der Waals surface area (Å²) in [7, 11) is 0. The highest BCUT2D eigenvalue weighted by Crippen LogP contribution is 2.34. The van der Waals surface area contributed by atoms with Gasteiger partial charge >= 0.3 is 6.09 Å². The summed E-state index contributed by atoms with van der Waals surface area (Å²) in [5.74, 6) is 0. The maximum Gasteiger partial charge on any atom is 0.414 e. The second-order valence-corrected chi connectivity index (χ2v) is 6.93. The fraction of sp³-hybridized carbons (Fsp3) is 0.611. The zero-order valence-corrected chi connectivity index (χ0v) is 13.3. The molecule has 0 spiro atoms. The summed E-state index contributed by atoms with van der Waals surface area (Å²) >= 11 is 0. The van der Waals surface area contributed by atoms with Crippen LogP contribution in [0, 0.1) is 6.92 Å². The Morgan fingerprint density at radius 3 is 2.77 bits per heavy atom. The summed E-state index contributed by atoms with van der Waals surface area (Å²) in [4.78, 5) is 16.7. The lowest BCUT2D eigenvalue weighted by atomic mass is 10.0. The highest BCUT2D eigenvalue weighted by molar-refractivity contribution is 5.91. The van der Waals surface area contributed by atoms with E-state index in [0.717, 1.165) is 31.2 Å². The Morgan fingerprint density at radius 1 is 1.14 bits per heavy atom. The van der Waals surface area contributed by atoms with E-state index < -0.39 is 0 Å². The van der Waals surface area contributed by atoms with E-state index in [-0.39, 0.29) is 12.1 Å². The average Bonchev–Trinajstić information content (AvgIpc) is 3.12. The monoisotopic (exact) mass is 300 g/mol. The standard InChI is InChI=1S/C18H24N2O2/c1-13-6-7-14-11-19(15-4-2-3-5-15)9-8-16-12-22-18(21)20(16)17(14)10-13/h6-7,10,15-16H,2-5,8-9,11-12H2,1H3. The van der Waals surface area contributed by atoms with Gasteiger partial charge in [0.15, 0.2) is 0 Å². The minimum Gasteiger partial charge on any atom is -0.447 e. The molecule has 0 bridgehead atoms. The summed E-state index contributed by atoms with van der Waals surface area (Å²) in [6.45, 7) is 4.64. The zero-order chi connectivity index (χ0) is 15.1. The highest BCUT2D eigenvalue weighted by Gasteiger charge is 2.38. The topological polar surface area (TPSA) is 32.8 Å². The molecule has 1 atom stereocenters. The Labute approximate surface area is 132 Å². The van der Waals surface area contributed by atoms with Crippen LogP contribution in [0.25, 0.3) is 0 Å². The van der Waals surface area contributed by atoms with Gasteiger partial charge in [-0.1, -0.05) is 25.0 Å². The first kappa shape index (κ1) is 14.1. The number of carbonyl (C=O) groups excluding carboxylic acids is 1. The number of anilines is 1. The van der Waals surface area contributed by atoms with Crippen LogP contribution in [0.5, 0.6) is 0 Å². The van der Waals surface area contributed by atoms with Gasteiger partial charge in [0.25, 0.3) is 0 Å². The van der Waals surface area contributed by atoms with Crippen LogP contribution in [0.4, 0.5) is 10.5 Å². The molecule has 4 rings (SSSR count). The van der Waals surface area contributed by atoms with Crippen LogP contribution < -0.4 is 4.90 Å². The molecule has 22 heavy (non-hydrogen) atoms. The lowest BCUT2D eigenvalue weighted by Crippen LogP contribution is -2.42. The van der Waals surface area contributed by atoms with Crippen LogP contribution in [0.1, 0.15) is 43.2 Å². The van der Waals surface area contributed by atoms with Gasteiger partial charge in [-0.05, 0) is 43.4 Å². The summed E-state index contributed by atoms with van der Waals surface area (Å²) < 4.78 is 5.34. The molecule has 1 aliphatic carbocycles. The molecular formula is C18H24N2O2. The van der Waals surface area contributed by atoms with Crippen LogP contribution in [-0.4, -0.2) is 36.2 Å². The zero-order valence-electron chi connectivity index (χ0n) is 13.3. The van der Waals surface area contributed by atoms with Gasteiger partial charge in [-0.15, -0.1) is 0 Å². The van der Waals surface area contributed by atoms with Gasteiger partial charge in [0.1, 0.15) is 6.61 Å². The van der Waals surface area contributed by atoms with E-state index in [9.17, 15) is 4.79 Å². The fourth-order valence-corrected chi connectivity index (χ4v) is 4.19. The minimum atomic E-state index is -0.175. The third kappa shape index (κ3) is 2.39. The molecule has 2 heterocycles. The number of rotatable bonds is 1. The number of cyclic esters (lactones) is 1. The maximum absolute atomic E-state index is 12.2. The van der Waals surface area contributed by atoms with E-state index in [0.29, 0.717) is 6.61 Å². The normalized spacial score (nSPS) is 26.3. The predicted molar refractivity (Wildman–Crippen MR) is 86.1 cm³/mol. The number of hydrogen-bond acceptors (Lipinski definition) is 3. The molecule has 4 nitrogen and oxygen atoms in total. The quantitative estimate of drug-likeness (QED) is 0.796. The lowest BCUT2D eigenvalue weighted by molar-refractivity contribution is 0.170. The van der Waals surface area contributed by atoms with Crippen molar-refractivity contribution in [1.82, 2.24) is 4.90 Å². The van der Waals surface area contributed by atoms with E-state index in [2.05, 4.69) is 30.0 Å². The molecule has 1 saturated heterocycles. The molecule has 1 unspecified atom stereocenters. The van der Waals surface area contributed by atoms with Crippen molar-refractivity contribution in [3.63, 3.8) is 0 Å². The van der Waals surface area contributed by atoms with Crippen LogP contribution in [0.15, 0.2) is 18.2 Å². The average molecular weight is 300 g/mol. The molecule has 2 aliphatic heterocycles. The number of ether oxygens (including phenoxy) is 1. The summed E-state index contributed by atoms with van der Waals surface area (Å²) in [5.41, 5.74) is 3.53. The molecule has 0 radical (unpaired) electrons. The maximum atomic E-state index is 12.2. The van der Waals surface area contributed by atoms with Gasteiger partial charge in [-0.2, -0.15) is 0 Å². The number of fused-ring (bicyclic) bond motifs is 3. The number of amides is 1. The van der Waals surface area contributed by atoms with E-state index >= 15 is 0 Å². The molecule has 3 aliphatic rings. The van der Waals surface area contributed by atoms with Crippen molar-refractivity contribution in [3.8, 4) is 0 Å². The smallest absolute Gasteiger partial charge is 0.414 e. The molecule has 4 heteroatoms. The molecule has 1 aromatic rings. The summed E-state index contributed by atoms with van der Waals surface area (Å²) in [6.07, 6.45) is 6.20. The minimum absolute atomic E-state index is 0.175. The Bertz CT molecular complexity index is 580. The Morgan fingerprint density at radius 2 is 1.95 bits per heavy atom. The van der Waals surface area contributed by atoms with Crippen molar-refractivity contribution < 1.29 is 9.53 Å². The number of hydrogen-bond donors (Lipinski definition) is 0. The first-order chi connectivity index (χ1) is 10.7. The largest absolute Gasteiger partial charge is 0.447 e. The SMILES string of the molecule is Cc1ccc2c(c1)N1C(=O)OCC1CCN(C1CCCC1)C2. The van der Waals surface area contributed by atoms with E-state index in [1.165, 1.54) is 36.8 Å². The van der Waals surface area contributed by atoms with Gasteiger partial charge in [0, 0.05) is 19.1 Å². The lowest BCUT2D eigenvalue weighted by Gasteiger charge is -2.35. The van der Waals surface area contributed by atoms with E-state index in [1.54, 1.807) is 0 Å². The van der Waals surface area contributed by atoms with Crippen molar-refractivity contribution >= 4 is 11.8 Å². The van der Waals surface area contributed by atoms with Gasteiger partial charge in [-0.25, -0.2) is 4.79 Å².